The first-order valence-electron chi connectivity index (χ1n) is 6.89. The zero-order valence-corrected chi connectivity index (χ0v) is 12.8. The molecule has 0 saturated heterocycles. The quantitative estimate of drug-likeness (QED) is 0.733. The molecule has 0 saturated carbocycles. The van der Waals surface area contributed by atoms with Crippen LogP contribution < -0.4 is 14.8 Å². The Balaban J connectivity index is 2.44. The van der Waals surface area contributed by atoms with Crippen LogP contribution in [0.3, 0.4) is 0 Å². The molecule has 1 aromatic carbocycles. The highest BCUT2D eigenvalue weighted by Gasteiger charge is 2.15. The second kappa shape index (κ2) is 7.64. The van der Waals surface area contributed by atoms with Crippen molar-refractivity contribution in [2.24, 2.45) is 5.41 Å². The van der Waals surface area contributed by atoms with Crippen molar-refractivity contribution in [1.29, 1.82) is 5.26 Å². The molecule has 4 nitrogen and oxygen atoms in total. The third-order valence-electron chi connectivity index (χ3n) is 3.25. The van der Waals surface area contributed by atoms with E-state index >= 15 is 0 Å². The smallest absolute Gasteiger partial charge is 0.142 e. The number of anilines is 1. The standard InChI is InChI=1S/C16H24N2O2/c1-16(2,12-17)9-5-6-10-18-14-11-13(19-3)7-8-15(14)20-4/h7-8,11,18H,5-6,9-10H2,1-4H3. The number of benzene rings is 1. The topological polar surface area (TPSA) is 54.3 Å². The van der Waals surface area contributed by atoms with Crippen LogP contribution in [0.15, 0.2) is 18.2 Å². The van der Waals surface area contributed by atoms with Gasteiger partial charge >= 0.3 is 0 Å². The van der Waals surface area contributed by atoms with Gasteiger partial charge in [-0.3, -0.25) is 0 Å². The van der Waals surface area contributed by atoms with E-state index in [1.54, 1.807) is 14.2 Å². The molecule has 110 valence electrons. The van der Waals surface area contributed by atoms with Gasteiger partial charge in [0.05, 0.1) is 31.4 Å². The molecule has 0 heterocycles. The van der Waals surface area contributed by atoms with Crippen LogP contribution in [0.25, 0.3) is 0 Å². The highest BCUT2D eigenvalue weighted by Crippen LogP contribution is 2.29. The summed E-state index contributed by atoms with van der Waals surface area (Å²) in [5.41, 5.74) is 0.708. The van der Waals surface area contributed by atoms with Crippen molar-refractivity contribution in [3.05, 3.63) is 18.2 Å². The molecule has 1 aromatic rings. The Kier molecular flexibility index (Phi) is 6.17. The number of hydrogen-bond donors (Lipinski definition) is 1. The minimum atomic E-state index is -0.229. The predicted molar refractivity (Wildman–Crippen MR) is 81.3 cm³/mol. The molecule has 4 heteroatoms. The number of ether oxygens (including phenoxy) is 2. The van der Waals surface area contributed by atoms with E-state index in [0.717, 1.165) is 43.0 Å². The number of nitriles is 1. The molecular weight excluding hydrogens is 252 g/mol. The van der Waals surface area contributed by atoms with Gasteiger partial charge in [-0.25, -0.2) is 0 Å². The summed E-state index contributed by atoms with van der Waals surface area (Å²) >= 11 is 0. The predicted octanol–water partition coefficient (Wildman–Crippen LogP) is 3.84. The summed E-state index contributed by atoms with van der Waals surface area (Å²) in [7, 11) is 3.30. The Bertz CT molecular complexity index is 464. The molecule has 20 heavy (non-hydrogen) atoms. The highest BCUT2D eigenvalue weighted by molar-refractivity contribution is 5.59. The van der Waals surface area contributed by atoms with Crippen molar-refractivity contribution in [2.75, 3.05) is 26.1 Å². The number of methoxy groups -OCH3 is 2. The van der Waals surface area contributed by atoms with Gasteiger partial charge in [-0.05, 0) is 38.8 Å². The number of nitrogens with zero attached hydrogens (tertiary/aromatic N) is 1. The van der Waals surface area contributed by atoms with E-state index in [9.17, 15) is 0 Å². The molecular formula is C16H24N2O2. The van der Waals surface area contributed by atoms with Crippen molar-refractivity contribution < 1.29 is 9.47 Å². The van der Waals surface area contributed by atoms with Crippen LogP contribution in [0.5, 0.6) is 11.5 Å². The lowest BCUT2D eigenvalue weighted by atomic mass is 9.89. The maximum absolute atomic E-state index is 8.96. The lowest BCUT2D eigenvalue weighted by molar-refractivity contribution is 0.404. The minimum absolute atomic E-state index is 0.229. The molecule has 0 aliphatic rings. The third kappa shape index (κ3) is 5.00. The van der Waals surface area contributed by atoms with Gasteiger partial charge in [0.15, 0.2) is 0 Å². The Labute approximate surface area is 121 Å². The van der Waals surface area contributed by atoms with E-state index < -0.39 is 0 Å². The monoisotopic (exact) mass is 276 g/mol. The van der Waals surface area contributed by atoms with E-state index in [2.05, 4.69) is 11.4 Å². The van der Waals surface area contributed by atoms with Crippen LogP contribution in [-0.4, -0.2) is 20.8 Å². The molecule has 0 aliphatic heterocycles. The third-order valence-corrected chi connectivity index (χ3v) is 3.25. The summed E-state index contributed by atoms with van der Waals surface area (Å²) < 4.78 is 10.5. The van der Waals surface area contributed by atoms with Gasteiger partial charge in [0.25, 0.3) is 0 Å². The fourth-order valence-corrected chi connectivity index (χ4v) is 1.92. The van der Waals surface area contributed by atoms with Crippen molar-refractivity contribution in [2.45, 2.75) is 33.1 Å². The molecule has 0 aliphatic carbocycles. The zero-order chi connectivity index (χ0) is 15.0. The first kappa shape index (κ1) is 16.2. The number of nitrogens with one attached hydrogen (secondary N) is 1. The Hall–Kier alpha value is -1.89. The second-order valence-corrected chi connectivity index (χ2v) is 5.45. The van der Waals surface area contributed by atoms with Crippen LogP contribution in [0.2, 0.25) is 0 Å². The normalized spacial score (nSPS) is 10.8. The van der Waals surface area contributed by atoms with Crippen LogP contribution in [0.1, 0.15) is 33.1 Å². The second-order valence-electron chi connectivity index (χ2n) is 5.45. The molecule has 0 radical (unpaired) electrons. The lowest BCUT2D eigenvalue weighted by Gasteiger charge is -2.15. The summed E-state index contributed by atoms with van der Waals surface area (Å²) in [6.07, 6.45) is 2.96. The Morgan fingerprint density at radius 1 is 1.20 bits per heavy atom. The van der Waals surface area contributed by atoms with E-state index in [1.807, 2.05) is 32.0 Å². The summed E-state index contributed by atoms with van der Waals surface area (Å²) in [6.45, 7) is 4.81. The van der Waals surface area contributed by atoms with Gasteiger partial charge in [-0.1, -0.05) is 6.42 Å². The zero-order valence-electron chi connectivity index (χ0n) is 12.8. The summed E-state index contributed by atoms with van der Waals surface area (Å²) in [4.78, 5) is 0. The van der Waals surface area contributed by atoms with E-state index in [0.29, 0.717) is 0 Å². The van der Waals surface area contributed by atoms with E-state index in [4.69, 9.17) is 14.7 Å². The fourth-order valence-electron chi connectivity index (χ4n) is 1.92. The molecule has 0 amide bonds. The number of unbranched alkanes of at least 4 members (excludes halogenated alkanes) is 1. The van der Waals surface area contributed by atoms with Gasteiger partial charge in [0, 0.05) is 12.6 Å². The minimum Gasteiger partial charge on any atom is -0.497 e. The van der Waals surface area contributed by atoms with Crippen molar-refractivity contribution in [1.82, 2.24) is 0 Å². The summed E-state index contributed by atoms with van der Waals surface area (Å²) in [6, 6.07) is 8.02. The lowest BCUT2D eigenvalue weighted by Crippen LogP contribution is -2.09. The van der Waals surface area contributed by atoms with Crippen molar-refractivity contribution in [3.63, 3.8) is 0 Å². The fraction of sp³-hybridized carbons (Fsp3) is 0.562. The van der Waals surface area contributed by atoms with E-state index in [-0.39, 0.29) is 5.41 Å². The van der Waals surface area contributed by atoms with Gasteiger partial charge in [-0.2, -0.15) is 5.26 Å². The maximum Gasteiger partial charge on any atom is 0.142 e. The molecule has 0 fully saturated rings. The molecule has 1 rings (SSSR count). The van der Waals surface area contributed by atoms with Gasteiger partial charge in [0.1, 0.15) is 11.5 Å². The van der Waals surface area contributed by atoms with Crippen LogP contribution in [0, 0.1) is 16.7 Å². The Morgan fingerprint density at radius 2 is 1.95 bits per heavy atom. The van der Waals surface area contributed by atoms with Crippen LogP contribution in [-0.2, 0) is 0 Å². The average molecular weight is 276 g/mol. The molecule has 0 aromatic heterocycles. The molecule has 0 unspecified atom stereocenters. The SMILES string of the molecule is COc1ccc(OC)c(NCCCCC(C)(C)C#N)c1. The first-order valence-corrected chi connectivity index (χ1v) is 6.89. The Morgan fingerprint density at radius 3 is 2.55 bits per heavy atom. The van der Waals surface area contributed by atoms with Crippen molar-refractivity contribution >= 4 is 5.69 Å². The van der Waals surface area contributed by atoms with Crippen LogP contribution in [0.4, 0.5) is 5.69 Å². The highest BCUT2D eigenvalue weighted by atomic mass is 16.5. The average Bonchev–Trinajstić information content (AvgIpc) is 2.46. The van der Waals surface area contributed by atoms with Crippen molar-refractivity contribution in [3.8, 4) is 17.6 Å². The van der Waals surface area contributed by atoms with Gasteiger partial charge in [-0.15, -0.1) is 0 Å². The summed E-state index contributed by atoms with van der Waals surface area (Å²) in [5, 5.41) is 12.3. The summed E-state index contributed by atoms with van der Waals surface area (Å²) in [5.74, 6) is 1.61. The largest absolute Gasteiger partial charge is 0.497 e. The van der Waals surface area contributed by atoms with Gasteiger partial charge in [0.2, 0.25) is 0 Å². The molecule has 0 bridgehead atoms. The maximum atomic E-state index is 8.96. The molecule has 1 N–H and O–H groups in total. The van der Waals surface area contributed by atoms with Crippen LogP contribution >= 0.6 is 0 Å². The van der Waals surface area contributed by atoms with Gasteiger partial charge < -0.3 is 14.8 Å². The molecule has 0 spiro atoms. The number of hydrogen-bond acceptors (Lipinski definition) is 4. The molecule has 0 atom stereocenters. The number of rotatable bonds is 8. The first-order chi connectivity index (χ1) is 9.52. The van der Waals surface area contributed by atoms with E-state index in [1.165, 1.54) is 0 Å².